The number of furan rings is 1. The summed E-state index contributed by atoms with van der Waals surface area (Å²) in [6.45, 7) is 0. The minimum Gasteiger partial charge on any atom is -0.473 e. The molecule has 2 heteroatoms. The number of hydrogen-bond donors (Lipinski definition) is 0. The highest BCUT2D eigenvalue weighted by atomic mass is 16.5. The van der Waals surface area contributed by atoms with E-state index < -0.39 is 0 Å². The highest BCUT2D eigenvalue weighted by Gasteiger charge is 2.42. The lowest BCUT2D eigenvalue weighted by atomic mass is 9.67. The molecule has 4 aliphatic rings. The van der Waals surface area contributed by atoms with E-state index in [9.17, 15) is 0 Å². The molecule has 0 aromatic carbocycles. The van der Waals surface area contributed by atoms with Crippen LogP contribution in [-0.2, 0) is 4.74 Å². The maximum absolute atomic E-state index is 5.82. The van der Waals surface area contributed by atoms with Gasteiger partial charge in [0.1, 0.15) is 0 Å². The fourth-order valence-corrected chi connectivity index (χ4v) is 3.45. The first-order valence-corrected chi connectivity index (χ1v) is 6.03. The first-order valence-electron chi connectivity index (χ1n) is 6.03. The Morgan fingerprint density at radius 2 is 1.27 bits per heavy atom. The van der Waals surface area contributed by atoms with E-state index >= 15 is 0 Å². The quantitative estimate of drug-likeness (QED) is 0.650. The van der Waals surface area contributed by atoms with Gasteiger partial charge in [-0.25, -0.2) is 0 Å². The Morgan fingerprint density at radius 1 is 0.733 bits per heavy atom. The average Bonchev–Trinajstić information content (AvgIpc) is 2.72. The van der Waals surface area contributed by atoms with Gasteiger partial charge in [-0.15, -0.1) is 0 Å². The summed E-state index contributed by atoms with van der Waals surface area (Å²) in [5.74, 6) is 2.10. The van der Waals surface area contributed by atoms with Crippen molar-refractivity contribution in [2.45, 2.75) is 44.3 Å². The van der Waals surface area contributed by atoms with Crippen LogP contribution in [0.2, 0.25) is 0 Å². The molecule has 15 heavy (non-hydrogen) atoms. The molecule has 0 spiro atoms. The molecule has 2 saturated carbocycles. The third-order valence-corrected chi connectivity index (χ3v) is 3.86. The largest absolute Gasteiger partial charge is 0.473 e. The van der Waals surface area contributed by atoms with Crippen molar-refractivity contribution in [3.63, 3.8) is 0 Å². The summed E-state index contributed by atoms with van der Waals surface area (Å²) in [5, 5.41) is 0. The maximum atomic E-state index is 5.82. The second-order valence-electron chi connectivity index (χ2n) is 5.08. The molecule has 2 aliphatic carbocycles. The summed E-state index contributed by atoms with van der Waals surface area (Å²) in [7, 11) is 0. The van der Waals surface area contributed by atoms with E-state index in [-0.39, 0.29) is 0 Å². The molecule has 1 aromatic rings. The Bertz CT molecular complexity index is 218. The smallest absolute Gasteiger partial charge is 0.0902 e. The van der Waals surface area contributed by atoms with Gasteiger partial charge in [-0.3, -0.25) is 0 Å². The van der Waals surface area contributed by atoms with Gasteiger partial charge in [0.25, 0.3) is 0 Å². The Morgan fingerprint density at radius 3 is 1.60 bits per heavy atom. The fraction of sp³-hybridized carbons (Fsp3) is 0.692. The fourth-order valence-electron chi connectivity index (χ4n) is 3.45. The predicted octanol–water partition coefficient (Wildman–Crippen LogP) is 3.24. The van der Waals surface area contributed by atoms with Crippen LogP contribution in [0.15, 0.2) is 29.1 Å². The van der Waals surface area contributed by atoms with Crippen molar-refractivity contribution in [2.75, 3.05) is 0 Å². The van der Waals surface area contributed by atoms with Crippen molar-refractivity contribution in [1.82, 2.24) is 0 Å². The van der Waals surface area contributed by atoms with Crippen LogP contribution in [0.3, 0.4) is 0 Å². The van der Waals surface area contributed by atoms with E-state index in [1.54, 1.807) is 12.5 Å². The first kappa shape index (κ1) is 9.46. The molecule has 3 heterocycles. The highest BCUT2D eigenvalue weighted by molar-refractivity contribution is 4.92. The monoisotopic (exact) mass is 206 g/mol. The van der Waals surface area contributed by atoms with Crippen LogP contribution in [0.5, 0.6) is 0 Å². The van der Waals surface area contributed by atoms with Crippen LogP contribution in [0, 0.1) is 11.8 Å². The molecule has 5 rings (SSSR count). The molecule has 0 amide bonds. The van der Waals surface area contributed by atoms with Crippen molar-refractivity contribution >= 4 is 0 Å². The number of hydrogen-bond acceptors (Lipinski definition) is 2. The molecule has 4 fully saturated rings. The minimum absolute atomic E-state index is 0.677. The topological polar surface area (TPSA) is 22.4 Å². The van der Waals surface area contributed by atoms with E-state index in [1.807, 2.05) is 12.1 Å². The lowest BCUT2D eigenvalue weighted by Crippen LogP contribution is -2.45. The van der Waals surface area contributed by atoms with Crippen molar-refractivity contribution in [2.24, 2.45) is 11.8 Å². The summed E-state index contributed by atoms with van der Waals surface area (Å²) >= 11 is 0. The summed E-state index contributed by atoms with van der Waals surface area (Å²) < 4.78 is 10.4. The number of rotatable bonds is 0. The summed E-state index contributed by atoms with van der Waals surface area (Å²) in [5.41, 5.74) is 0. The van der Waals surface area contributed by atoms with Gasteiger partial charge in [0.05, 0.1) is 24.7 Å². The second-order valence-corrected chi connectivity index (χ2v) is 5.08. The summed E-state index contributed by atoms with van der Waals surface area (Å²) in [6, 6.07) is 3.67. The van der Waals surface area contributed by atoms with Gasteiger partial charge in [0, 0.05) is 0 Å². The summed E-state index contributed by atoms with van der Waals surface area (Å²) in [4.78, 5) is 0. The van der Waals surface area contributed by atoms with Crippen LogP contribution in [0.4, 0.5) is 0 Å². The zero-order chi connectivity index (χ0) is 10.1. The van der Waals surface area contributed by atoms with Crippen molar-refractivity contribution in [1.29, 1.82) is 0 Å². The second kappa shape index (κ2) is 4.01. The molecule has 1 aromatic heterocycles. The summed E-state index contributed by atoms with van der Waals surface area (Å²) in [6.07, 6.45) is 11.7. The average molecular weight is 206 g/mol. The molecule has 0 unspecified atom stereocenters. The number of ether oxygens (including phenoxy) is 1. The molecule has 2 saturated heterocycles. The SMILES string of the molecule is C1C2CC3CC1CC(C2)O3.c1ccoc1. The Hall–Kier alpha value is -0.760. The van der Waals surface area contributed by atoms with Gasteiger partial charge in [0.15, 0.2) is 0 Å². The van der Waals surface area contributed by atoms with E-state index in [2.05, 4.69) is 4.42 Å². The van der Waals surface area contributed by atoms with E-state index in [4.69, 9.17) is 4.74 Å². The Labute approximate surface area is 90.6 Å². The van der Waals surface area contributed by atoms with Crippen LogP contribution in [0.25, 0.3) is 0 Å². The lowest BCUT2D eigenvalue weighted by molar-refractivity contribution is -0.154. The van der Waals surface area contributed by atoms with Gasteiger partial charge in [-0.2, -0.15) is 0 Å². The van der Waals surface area contributed by atoms with Crippen molar-refractivity contribution < 1.29 is 9.15 Å². The van der Waals surface area contributed by atoms with Gasteiger partial charge in [-0.05, 0) is 56.1 Å². The third-order valence-electron chi connectivity index (χ3n) is 3.86. The molecule has 0 N–H and O–H groups in total. The van der Waals surface area contributed by atoms with Gasteiger partial charge in [-0.1, -0.05) is 0 Å². The van der Waals surface area contributed by atoms with E-state index in [1.165, 1.54) is 32.1 Å². The van der Waals surface area contributed by atoms with Crippen LogP contribution >= 0.6 is 0 Å². The van der Waals surface area contributed by atoms with Crippen LogP contribution < -0.4 is 0 Å². The zero-order valence-electron chi connectivity index (χ0n) is 8.97. The zero-order valence-corrected chi connectivity index (χ0v) is 8.97. The Kier molecular flexibility index (Phi) is 2.53. The van der Waals surface area contributed by atoms with Crippen molar-refractivity contribution in [3.8, 4) is 0 Å². The Balaban J connectivity index is 0.000000123. The first-order chi connectivity index (χ1) is 7.40. The van der Waals surface area contributed by atoms with Gasteiger partial charge >= 0.3 is 0 Å². The van der Waals surface area contributed by atoms with E-state index in [0.717, 1.165) is 11.8 Å². The highest BCUT2D eigenvalue weighted by Crippen LogP contribution is 2.47. The molecule has 0 atom stereocenters. The molecular formula is C13H18O2. The van der Waals surface area contributed by atoms with Crippen molar-refractivity contribution in [3.05, 3.63) is 24.7 Å². The molecule has 2 nitrogen and oxygen atoms in total. The third kappa shape index (κ3) is 2.10. The normalized spacial score (nSPS) is 41.1. The molecular weight excluding hydrogens is 188 g/mol. The minimum atomic E-state index is 0.677. The van der Waals surface area contributed by atoms with Gasteiger partial charge < -0.3 is 9.15 Å². The molecule has 82 valence electrons. The van der Waals surface area contributed by atoms with Crippen LogP contribution in [0.1, 0.15) is 32.1 Å². The predicted molar refractivity (Wildman–Crippen MR) is 57.4 cm³/mol. The molecule has 2 aliphatic heterocycles. The molecule has 0 radical (unpaired) electrons. The standard InChI is InChI=1S/C9H14O.C4H4O/c1-6-2-8-4-7(1)5-9(3-6)10-8;1-2-4-5-3-1/h6-9H,1-5H2;1-4H. The maximum Gasteiger partial charge on any atom is 0.0902 e. The van der Waals surface area contributed by atoms with Gasteiger partial charge in [0.2, 0.25) is 0 Å². The lowest BCUT2D eigenvalue weighted by Gasteiger charge is -2.49. The van der Waals surface area contributed by atoms with E-state index in [0.29, 0.717) is 12.2 Å². The van der Waals surface area contributed by atoms with Crippen LogP contribution in [-0.4, -0.2) is 12.2 Å². The molecule has 4 bridgehead atoms.